The van der Waals surface area contributed by atoms with Gasteiger partial charge in [0.15, 0.2) is 0 Å². The van der Waals surface area contributed by atoms with E-state index in [0.717, 1.165) is 19.4 Å². The maximum Gasteiger partial charge on any atom is 0.246 e. The molecule has 1 fully saturated rings. The average Bonchev–Trinajstić information content (AvgIpc) is 2.91. The summed E-state index contributed by atoms with van der Waals surface area (Å²) in [5, 5.41) is 7.51. The molecule has 6 nitrogen and oxygen atoms in total. The zero-order valence-corrected chi connectivity index (χ0v) is 12.9. The molecule has 1 saturated heterocycles. The molecule has 1 aromatic heterocycles. The molecule has 0 aliphatic carbocycles. The Hall–Kier alpha value is -0.980. The van der Waals surface area contributed by atoms with Gasteiger partial charge < -0.3 is 19.3 Å². The van der Waals surface area contributed by atoms with Crippen molar-refractivity contribution in [2.24, 2.45) is 0 Å². The van der Waals surface area contributed by atoms with Crippen molar-refractivity contribution < 1.29 is 14.0 Å². The first-order chi connectivity index (χ1) is 9.54. The number of nitrogens with zero attached hydrogens (tertiary/aromatic N) is 2. The van der Waals surface area contributed by atoms with Crippen molar-refractivity contribution in [3.8, 4) is 0 Å². The molecule has 0 aromatic carbocycles. The Morgan fingerprint density at radius 1 is 1.30 bits per heavy atom. The molecule has 1 aromatic rings. The summed E-state index contributed by atoms with van der Waals surface area (Å²) in [5.74, 6) is 1.24. The van der Waals surface area contributed by atoms with Crippen LogP contribution >= 0.6 is 0 Å². The third-order valence-electron chi connectivity index (χ3n) is 3.71. The summed E-state index contributed by atoms with van der Waals surface area (Å²) >= 11 is 0. The highest BCUT2D eigenvalue weighted by Gasteiger charge is 2.41. The Kier molecular flexibility index (Phi) is 4.78. The van der Waals surface area contributed by atoms with Gasteiger partial charge in [-0.25, -0.2) is 0 Å². The van der Waals surface area contributed by atoms with Gasteiger partial charge in [-0.05, 0) is 27.3 Å². The molecular formula is C14H25N3O3. The number of hydrogen-bond donors (Lipinski definition) is 1. The predicted molar refractivity (Wildman–Crippen MR) is 74.4 cm³/mol. The van der Waals surface area contributed by atoms with Crippen LogP contribution in [-0.2, 0) is 20.6 Å². The fourth-order valence-corrected chi connectivity index (χ4v) is 2.59. The van der Waals surface area contributed by atoms with Crippen molar-refractivity contribution in [2.75, 3.05) is 26.4 Å². The monoisotopic (exact) mass is 283 g/mol. The fraction of sp³-hybridized carbons (Fsp3) is 0.857. The van der Waals surface area contributed by atoms with Gasteiger partial charge in [0.2, 0.25) is 11.7 Å². The number of rotatable bonds is 6. The molecule has 1 aliphatic rings. The molecule has 20 heavy (non-hydrogen) atoms. The standard InChI is InChI=1S/C14H25N3O3/c1-5-15-13(3,4)12-16-11(17-20-12)14(19-6-2)7-9-18-10-8-14/h15H,5-10H2,1-4H3. The second-order valence-electron chi connectivity index (χ2n) is 5.62. The van der Waals surface area contributed by atoms with Gasteiger partial charge in [0.25, 0.3) is 0 Å². The summed E-state index contributed by atoms with van der Waals surface area (Å²) in [5.41, 5.74) is -0.796. The third-order valence-corrected chi connectivity index (χ3v) is 3.71. The Labute approximate surface area is 120 Å². The van der Waals surface area contributed by atoms with Gasteiger partial charge >= 0.3 is 0 Å². The number of hydrogen-bond acceptors (Lipinski definition) is 6. The van der Waals surface area contributed by atoms with E-state index >= 15 is 0 Å². The minimum atomic E-state index is -0.461. The van der Waals surface area contributed by atoms with Crippen LogP contribution in [0.15, 0.2) is 4.52 Å². The lowest BCUT2D eigenvalue weighted by Crippen LogP contribution is -2.39. The first-order valence-electron chi connectivity index (χ1n) is 7.35. The van der Waals surface area contributed by atoms with E-state index in [1.807, 2.05) is 20.8 Å². The summed E-state index contributed by atoms with van der Waals surface area (Å²) in [4.78, 5) is 4.59. The lowest BCUT2D eigenvalue weighted by molar-refractivity contribution is -0.118. The molecule has 2 heterocycles. The Morgan fingerprint density at radius 2 is 2.00 bits per heavy atom. The van der Waals surface area contributed by atoms with Gasteiger partial charge in [-0.3, -0.25) is 0 Å². The van der Waals surface area contributed by atoms with Crippen molar-refractivity contribution in [3.63, 3.8) is 0 Å². The zero-order chi connectivity index (χ0) is 14.6. The summed E-state index contributed by atoms with van der Waals surface area (Å²) in [6, 6.07) is 0. The summed E-state index contributed by atoms with van der Waals surface area (Å²) in [7, 11) is 0. The van der Waals surface area contributed by atoms with Gasteiger partial charge in [-0.1, -0.05) is 12.1 Å². The average molecular weight is 283 g/mol. The Bertz CT molecular complexity index is 420. The molecule has 0 unspecified atom stereocenters. The van der Waals surface area contributed by atoms with Crippen LogP contribution in [0.5, 0.6) is 0 Å². The van der Waals surface area contributed by atoms with Crippen molar-refractivity contribution in [2.45, 2.75) is 51.7 Å². The fourth-order valence-electron chi connectivity index (χ4n) is 2.59. The number of ether oxygens (including phenoxy) is 2. The molecule has 0 radical (unpaired) electrons. The molecular weight excluding hydrogens is 258 g/mol. The number of nitrogens with one attached hydrogen (secondary N) is 1. The van der Waals surface area contributed by atoms with E-state index in [4.69, 9.17) is 14.0 Å². The van der Waals surface area contributed by atoms with Crippen LogP contribution in [0.25, 0.3) is 0 Å². The van der Waals surface area contributed by atoms with Gasteiger partial charge in [0, 0.05) is 32.7 Å². The van der Waals surface area contributed by atoms with Crippen LogP contribution in [0, 0.1) is 0 Å². The lowest BCUT2D eigenvalue weighted by atomic mass is 9.93. The van der Waals surface area contributed by atoms with Crippen LogP contribution in [0.1, 0.15) is 52.3 Å². The quantitative estimate of drug-likeness (QED) is 0.860. The smallest absolute Gasteiger partial charge is 0.246 e. The highest BCUT2D eigenvalue weighted by molar-refractivity contribution is 5.07. The van der Waals surface area contributed by atoms with E-state index in [0.29, 0.717) is 31.5 Å². The third kappa shape index (κ3) is 3.02. The molecule has 0 spiro atoms. The van der Waals surface area contributed by atoms with E-state index in [-0.39, 0.29) is 5.54 Å². The van der Waals surface area contributed by atoms with Crippen molar-refractivity contribution in [1.82, 2.24) is 15.5 Å². The molecule has 0 amide bonds. The molecule has 1 aliphatic heterocycles. The largest absolute Gasteiger partial charge is 0.381 e. The van der Waals surface area contributed by atoms with E-state index in [2.05, 4.69) is 22.4 Å². The van der Waals surface area contributed by atoms with Crippen LogP contribution in [0.2, 0.25) is 0 Å². The van der Waals surface area contributed by atoms with Crippen molar-refractivity contribution in [3.05, 3.63) is 11.7 Å². The van der Waals surface area contributed by atoms with Crippen LogP contribution < -0.4 is 5.32 Å². The van der Waals surface area contributed by atoms with E-state index in [9.17, 15) is 0 Å². The first kappa shape index (κ1) is 15.4. The second-order valence-corrected chi connectivity index (χ2v) is 5.62. The molecule has 0 bridgehead atoms. The number of aromatic nitrogens is 2. The van der Waals surface area contributed by atoms with Crippen LogP contribution in [0.4, 0.5) is 0 Å². The topological polar surface area (TPSA) is 69.4 Å². The lowest BCUT2D eigenvalue weighted by Gasteiger charge is -2.33. The maximum atomic E-state index is 5.96. The SMILES string of the molecule is CCNC(C)(C)c1nc(C2(OCC)CCOCC2)no1. The van der Waals surface area contributed by atoms with Gasteiger partial charge in [0.05, 0.1) is 5.54 Å². The Morgan fingerprint density at radius 3 is 2.60 bits per heavy atom. The van der Waals surface area contributed by atoms with Crippen LogP contribution in [-0.4, -0.2) is 36.5 Å². The summed E-state index contributed by atoms with van der Waals surface area (Å²) in [6.07, 6.45) is 1.53. The van der Waals surface area contributed by atoms with E-state index < -0.39 is 5.60 Å². The van der Waals surface area contributed by atoms with Gasteiger partial charge in [0.1, 0.15) is 5.60 Å². The molecule has 1 N–H and O–H groups in total. The molecule has 6 heteroatoms. The molecule has 2 rings (SSSR count). The predicted octanol–water partition coefficient (Wildman–Crippen LogP) is 1.96. The zero-order valence-electron chi connectivity index (χ0n) is 12.9. The van der Waals surface area contributed by atoms with E-state index in [1.165, 1.54) is 0 Å². The highest BCUT2D eigenvalue weighted by Crippen LogP contribution is 2.35. The van der Waals surface area contributed by atoms with Crippen molar-refractivity contribution >= 4 is 0 Å². The molecule has 0 atom stereocenters. The maximum absolute atomic E-state index is 5.96. The highest BCUT2D eigenvalue weighted by atomic mass is 16.5. The minimum Gasteiger partial charge on any atom is -0.381 e. The normalized spacial score (nSPS) is 19.2. The van der Waals surface area contributed by atoms with Gasteiger partial charge in [-0.2, -0.15) is 4.98 Å². The molecule has 0 saturated carbocycles. The van der Waals surface area contributed by atoms with Gasteiger partial charge in [-0.15, -0.1) is 0 Å². The second kappa shape index (κ2) is 6.20. The summed E-state index contributed by atoms with van der Waals surface area (Å²) < 4.78 is 16.8. The van der Waals surface area contributed by atoms with Crippen LogP contribution in [0.3, 0.4) is 0 Å². The first-order valence-corrected chi connectivity index (χ1v) is 7.35. The van der Waals surface area contributed by atoms with Crippen molar-refractivity contribution in [1.29, 1.82) is 0 Å². The molecule has 114 valence electrons. The summed E-state index contributed by atoms with van der Waals surface area (Å²) in [6.45, 7) is 10.9. The minimum absolute atomic E-state index is 0.335. The van der Waals surface area contributed by atoms with E-state index in [1.54, 1.807) is 0 Å². The Balaban J connectivity index is 2.25.